The third-order valence-corrected chi connectivity index (χ3v) is 3.85. The summed E-state index contributed by atoms with van der Waals surface area (Å²) in [5, 5.41) is 12.8. The van der Waals surface area contributed by atoms with Crippen molar-refractivity contribution in [3.63, 3.8) is 0 Å². The smallest absolute Gasteiger partial charge is 0.361 e. The highest BCUT2D eigenvalue weighted by atomic mass is 16.5. The van der Waals surface area contributed by atoms with E-state index >= 15 is 0 Å². The Morgan fingerprint density at radius 2 is 1.96 bits per heavy atom. The molecule has 128 valence electrons. The third-order valence-electron chi connectivity index (χ3n) is 3.85. The first-order valence-corrected chi connectivity index (χ1v) is 7.72. The van der Waals surface area contributed by atoms with Gasteiger partial charge in [0.25, 0.3) is 0 Å². The Hall–Kier alpha value is -3.22. The molecule has 0 amide bonds. The van der Waals surface area contributed by atoms with E-state index in [1.807, 2.05) is 31.2 Å². The lowest BCUT2D eigenvalue weighted by Crippen LogP contribution is -2.14. The first kappa shape index (κ1) is 16.6. The molecule has 0 bridgehead atoms. The summed E-state index contributed by atoms with van der Waals surface area (Å²) in [7, 11) is 1.62. The number of aryl methyl sites for hydroxylation is 2. The molecule has 0 aliphatic heterocycles. The minimum atomic E-state index is -0.550. The number of esters is 1. The molecule has 0 atom stereocenters. The Labute approximate surface area is 144 Å². The summed E-state index contributed by atoms with van der Waals surface area (Å²) in [5.41, 5.74) is 3.90. The quantitative estimate of drug-likeness (QED) is 0.526. The molecule has 0 unspecified atom stereocenters. The molecule has 2 heterocycles. The van der Waals surface area contributed by atoms with E-state index in [4.69, 9.17) is 9.47 Å². The molecule has 0 spiro atoms. The largest absolute Gasteiger partial charge is 0.497 e. The Bertz CT molecular complexity index is 945. The third kappa shape index (κ3) is 2.96. The zero-order valence-electron chi connectivity index (χ0n) is 14.3. The highest BCUT2D eigenvalue weighted by molar-refractivity contribution is 5.89. The van der Waals surface area contributed by atoms with Crippen molar-refractivity contribution >= 4 is 11.6 Å². The van der Waals surface area contributed by atoms with Crippen molar-refractivity contribution in [1.29, 1.82) is 0 Å². The minimum Gasteiger partial charge on any atom is -0.497 e. The van der Waals surface area contributed by atoms with Crippen LogP contribution >= 0.6 is 0 Å². The summed E-state index contributed by atoms with van der Waals surface area (Å²) in [6.07, 6.45) is 1.50. The van der Waals surface area contributed by atoms with E-state index in [0.29, 0.717) is 11.3 Å². The van der Waals surface area contributed by atoms with Crippen LogP contribution in [0.2, 0.25) is 0 Å². The fourth-order valence-electron chi connectivity index (χ4n) is 2.60. The van der Waals surface area contributed by atoms with E-state index in [9.17, 15) is 4.79 Å². The van der Waals surface area contributed by atoms with Crippen LogP contribution in [-0.4, -0.2) is 39.5 Å². The summed E-state index contributed by atoms with van der Waals surface area (Å²) in [6, 6.07) is 7.62. The summed E-state index contributed by atoms with van der Waals surface area (Å²) in [5.74, 6) is 0.221. The average molecular weight is 338 g/mol. The number of benzene rings is 1. The van der Waals surface area contributed by atoms with Gasteiger partial charge in [-0.3, -0.25) is 0 Å². The number of methoxy groups -OCH3 is 1. The molecule has 7 heteroatoms. The zero-order valence-corrected chi connectivity index (χ0v) is 14.3. The van der Waals surface area contributed by atoms with Crippen molar-refractivity contribution in [1.82, 2.24) is 19.8 Å². The van der Waals surface area contributed by atoms with Gasteiger partial charge in [0, 0.05) is 0 Å². The average Bonchev–Trinajstić information content (AvgIpc) is 2.97. The Balaban J connectivity index is 2.10. The number of aromatic nitrogens is 4. The maximum Gasteiger partial charge on any atom is 0.361 e. The van der Waals surface area contributed by atoms with Crippen LogP contribution in [0.1, 0.15) is 21.9 Å². The molecule has 0 radical (unpaired) electrons. The summed E-state index contributed by atoms with van der Waals surface area (Å²) in [4.78, 5) is 12.1. The number of hydrogen-bond donors (Lipinski definition) is 0. The molecule has 25 heavy (non-hydrogen) atoms. The lowest BCUT2D eigenvalue weighted by atomic mass is 10.1. The van der Waals surface area contributed by atoms with Gasteiger partial charge in [-0.2, -0.15) is 5.10 Å². The highest BCUT2D eigenvalue weighted by Gasteiger charge is 2.20. The molecule has 0 N–H and O–H groups in total. The minimum absolute atomic E-state index is 0.118. The number of fused-ring (bicyclic) bond motifs is 1. The van der Waals surface area contributed by atoms with Gasteiger partial charge in [-0.1, -0.05) is 24.8 Å². The Kier molecular flexibility index (Phi) is 4.47. The van der Waals surface area contributed by atoms with Crippen LogP contribution in [0.3, 0.4) is 0 Å². The standard InChI is InChI=1S/C18H18N4O3/c1-5-10-25-18(23)16-12(3)22-17(20-19-16)15(11(2)21-22)13-6-8-14(24-4)9-7-13/h5-9H,1,10H2,2-4H3. The molecule has 0 aliphatic carbocycles. The molecule has 0 aliphatic rings. The second-order valence-electron chi connectivity index (χ2n) is 5.45. The topological polar surface area (TPSA) is 78.6 Å². The first-order valence-electron chi connectivity index (χ1n) is 7.72. The fraction of sp³-hybridized carbons (Fsp3) is 0.222. The molecular weight excluding hydrogens is 320 g/mol. The first-order chi connectivity index (χ1) is 12.1. The van der Waals surface area contributed by atoms with Crippen LogP contribution in [0.4, 0.5) is 0 Å². The maximum atomic E-state index is 12.1. The van der Waals surface area contributed by atoms with E-state index in [2.05, 4.69) is 21.9 Å². The lowest BCUT2D eigenvalue weighted by molar-refractivity contribution is 0.0539. The van der Waals surface area contributed by atoms with E-state index in [1.165, 1.54) is 6.08 Å². The van der Waals surface area contributed by atoms with Gasteiger partial charge >= 0.3 is 5.97 Å². The van der Waals surface area contributed by atoms with Crippen molar-refractivity contribution in [2.24, 2.45) is 0 Å². The number of carbonyl (C=O) groups excluding carboxylic acids is 1. The monoisotopic (exact) mass is 338 g/mol. The van der Waals surface area contributed by atoms with Crippen molar-refractivity contribution in [3.8, 4) is 16.9 Å². The van der Waals surface area contributed by atoms with Gasteiger partial charge in [-0.25, -0.2) is 9.31 Å². The molecule has 0 saturated heterocycles. The fourth-order valence-corrected chi connectivity index (χ4v) is 2.60. The van der Waals surface area contributed by atoms with Crippen molar-refractivity contribution in [2.75, 3.05) is 13.7 Å². The summed E-state index contributed by atoms with van der Waals surface area (Å²) < 4.78 is 11.8. The second kappa shape index (κ2) is 6.72. The Morgan fingerprint density at radius 3 is 2.60 bits per heavy atom. The van der Waals surface area contributed by atoms with Crippen LogP contribution in [0.25, 0.3) is 16.8 Å². The van der Waals surface area contributed by atoms with Gasteiger partial charge in [0.15, 0.2) is 11.3 Å². The van der Waals surface area contributed by atoms with Crippen LogP contribution in [0, 0.1) is 13.8 Å². The zero-order chi connectivity index (χ0) is 18.0. The van der Waals surface area contributed by atoms with Crippen LogP contribution < -0.4 is 4.74 Å². The predicted molar refractivity (Wildman–Crippen MR) is 92.7 cm³/mol. The summed E-state index contributed by atoms with van der Waals surface area (Å²) in [6.45, 7) is 7.29. The number of nitrogens with zero attached hydrogens (tertiary/aromatic N) is 4. The number of ether oxygens (including phenoxy) is 2. The molecule has 7 nitrogen and oxygen atoms in total. The normalized spacial score (nSPS) is 10.7. The number of hydrogen-bond acceptors (Lipinski definition) is 6. The molecule has 1 aromatic carbocycles. The van der Waals surface area contributed by atoms with Gasteiger partial charge in [-0.05, 0) is 31.5 Å². The second-order valence-corrected chi connectivity index (χ2v) is 5.45. The molecule has 3 aromatic rings. The van der Waals surface area contributed by atoms with Gasteiger partial charge in [0.05, 0.1) is 24.1 Å². The molecule has 2 aromatic heterocycles. The SMILES string of the molecule is C=CCOC(=O)c1nnc2c(-c3ccc(OC)cc3)c(C)nn2c1C. The molecular formula is C18H18N4O3. The predicted octanol–water partition coefficient (Wildman–Crippen LogP) is 2.76. The van der Waals surface area contributed by atoms with Crippen LogP contribution in [0.15, 0.2) is 36.9 Å². The van der Waals surface area contributed by atoms with E-state index in [1.54, 1.807) is 18.5 Å². The van der Waals surface area contributed by atoms with Crippen molar-refractivity contribution < 1.29 is 14.3 Å². The van der Waals surface area contributed by atoms with Crippen LogP contribution in [-0.2, 0) is 4.74 Å². The van der Waals surface area contributed by atoms with Crippen LogP contribution in [0.5, 0.6) is 5.75 Å². The van der Waals surface area contributed by atoms with E-state index in [0.717, 1.165) is 22.6 Å². The highest BCUT2D eigenvalue weighted by Crippen LogP contribution is 2.29. The molecule has 0 fully saturated rings. The molecule has 0 saturated carbocycles. The van der Waals surface area contributed by atoms with Gasteiger partial charge in [0.1, 0.15) is 12.4 Å². The Morgan fingerprint density at radius 1 is 1.24 bits per heavy atom. The van der Waals surface area contributed by atoms with Gasteiger partial charge in [0.2, 0.25) is 0 Å². The number of rotatable bonds is 5. The van der Waals surface area contributed by atoms with Crippen molar-refractivity contribution in [3.05, 3.63) is 54.0 Å². The van der Waals surface area contributed by atoms with Gasteiger partial charge in [-0.15, -0.1) is 10.2 Å². The van der Waals surface area contributed by atoms with Crippen molar-refractivity contribution in [2.45, 2.75) is 13.8 Å². The van der Waals surface area contributed by atoms with Gasteiger partial charge < -0.3 is 9.47 Å². The van der Waals surface area contributed by atoms with E-state index in [-0.39, 0.29) is 12.3 Å². The van der Waals surface area contributed by atoms with E-state index < -0.39 is 5.97 Å². The lowest BCUT2D eigenvalue weighted by Gasteiger charge is -2.06. The number of carbonyl (C=O) groups is 1. The molecule has 3 rings (SSSR count). The summed E-state index contributed by atoms with van der Waals surface area (Å²) >= 11 is 0. The maximum absolute atomic E-state index is 12.1.